The molecule has 0 bridgehead atoms. The number of ether oxygens (including phenoxy) is 3. The first-order valence-corrected chi connectivity index (χ1v) is 8.29. The van der Waals surface area contributed by atoms with E-state index in [1.807, 2.05) is 0 Å². The predicted molar refractivity (Wildman–Crippen MR) is 89.5 cm³/mol. The van der Waals surface area contributed by atoms with Crippen molar-refractivity contribution in [1.82, 2.24) is 4.90 Å². The molecule has 0 saturated carbocycles. The van der Waals surface area contributed by atoms with Gasteiger partial charge in [-0.05, 0) is 54.9 Å². The molecule has 0 radical (unpaired) electrons. The number of rotatable bonds is 8. The Morgan fingerprint density at radius 1 is 0.917 bits per heavy atom. The lowest BCUT2D eigenvalue weighted by molar-refractivity contribution is -0.155. The van der Waals surface area contributed by atoms with Crippen LogP contribution in [0.15, 0.2) is 0 Å². The fraction of sp³-hybridized carbons (Fsp3) is 0.824. The van der Waals surface area contributed by atoms with E-state index in [0.29, 0.717) is 13.0 Å². The molecule has 0 aliphatic rings. The van der Waals surface area contributed by atoms with E-state index in [0.717, 1.165) is 0 Å². The predicted octanol–water partition coefficient (Wildman–Crippen LogP) is 2.91. The highest BCUT2D eigenvalue weighted by Crippen LogP contribution is 2.21. The summed E-state index contributed by atoms with van der Waals surface area (Å²) in [7, 11) is 0. The number of hydrogen-bond acceptors (Lipinski definition) is 6. The van der Waals surface area contributed by atoms with E-state index in [2.05, 4.69) is 0 Å². The third kappa shape index (κ3) is 7.66. The number of carbonyl (C=O) groups is 3. The molecule has 0 unspecified atom stereocenters. The molecule has 1 amide bonds. The van der Waals surface area contributed by atoms with Gasteiger partial charge in [0.05, 0.1) is 13.2 Å². The van der Waals surface area contributed by atoms with Crippen molar-refractivity contribution in [3.8, 4) is 0 Å². The van der Waals surface area contributed by atoms with Gasteiger partial charge in [0.25, 0.3) is 0 Å². The minimum atomic E-state index is -1.20. The van der Waals surface area contributed by atoms with Crippen LogP contribution in [0.25, 0.3) is 0 Å². The number of nitrogens with zero attached hydrogens (tertiary/aromatic N) is 1. The van der Waals surface area contributed by atoms with Crippen LogP contribution >= 0.6 is 0 Å². The standard InChI is InChI=1S/C17H31NO6/c1-8-22-13(19)11-10-12-18(15(21)24-16(3,4)5)17(6,7)14(20)23-9-2/h8-12H2,1-7H3. The Labute approximate surface area is 144 Å². The first-order chi connectivity index (χ1) is 11.0. The van der Waals surface area contributed by atoms with Crippen molar-refractivity contribution < 1.29 is 28.6 Å². The third-order valence-electron chi connectivity index (χ3n) is 3.13. The van der Waals surface area contributed by atoms with E-state index in [-0.39, 0.29) is 25.5 Å². The van der Waals surface area contributed by atoms with Crippen LogP contribution in [0.4, 0.5) is 4.79 Å². The number of carbonyl (C=O) groups excluding carboxylic acids is 3. The van der Waals surface area contributed by atoms with Crippen molar-refractivity contribution in [3.63, 3.8) is 0 Å². The molecule has 0 aromatic rings. The van der Waals surface area contributed by atoms with Crippen LogP contribution in [0.3, 0.4) is 0 Å². The molecule has 0 fully saturated rings. The Morgan fingerprint density at radius 3 is 1.92 bits per heavy atom. The van der Waals surface area contributed by atoms with Gasteiger partial charge in [0.1, 0.15) is 11.1 Å². The molecular formula is C17H31NO6. The maximum atomic E-state index is 12.5. The zero-order valence-electron chi connectivity index (χ0n) is 15.9. The van der Waals surface area contributed by atoms with Gasteiger partial charge in [-0.2, -0.15) is 0 Å². The normalized spacial score (nSPS) is 11.6. The quantitative estimate of drug-likeness (QED) is 0.497. The summed E-state index contributed by atoms with van der Waals surface area (Å²) >= 11 is 0. The summed E-state index contributed by atoms with van der Waals surface area (Å²) in [6.07, 6.45) is -0.100. The molecular weight excluding hydrogens is 314 g/mol. The van der Waals surface area contributed by atoms with Crippen LogP contribution in [-0.2, 0) is 23.8 Å². The maximum Gasteiger partial charge on any atom is 0.411 e. The monoisotopic (exact) mass is 345 g/mol. The van der Waals surface area contributed by atoms with E-state index in [1.54, 1.807) is 48.5 Å². The van der Waals surface area contributed by atoms with Gasteiger partial charge in [-0.15, -0.1) is 0 Å². The lowest BCUT2D eigenvalue weighted by Crippen LogP contribution is -2.55. The van der Waals surface area contributed by atoms with Crippen LogP contribution in [-0.4, -0.2) is 53.8 Å². The average Bonchev–Trinajstić information content (AvgIpc) is 2.41. The van der Waals surface area contributed by atoms with Gasteiger partial charge in [0.2, 0.25) is 0 Å². The van der Waals surface area contributed by atoms with Gasteiger partial charge in [-0.1, -0.05) is 0 Å². The number of esters is 2. The Bertz CT molecular complexity index is 439. The number of hydrogen-bond donors (Lipinski definition) is 0. The molecule has 0 aromatic carbocycles. The van der Waals surface area contributed by atoms with E-state index in [4.69, 9.17) is 14.2 Å². The number of amides is 1. The van der Waals surface area contributed by atoms with E-state index < -0.39 is 23.2 Å². The fourth-order valence-electron chi connectivity index (χ4n) is 1.95. The molecule has 0 atom stereocenters. The molecule has 24 heavy (non-hydrogen) atoms. The molecule has 140 valence electrons. The Hall–Kier alpha value is -1.79. The second kappa shape index (κ2) is 9.49. The van der Waals surface area contributed by atoms with Crippen molar-refractivity contribution in [3.05, 3.63) is 0 Å². The van der Waals surface area contributed by atoms with Crippen molar-refractivity contribution in [2.24, 2.45) is 0 Å². The van der Waals surface area contributed by atoms with Crippen molar-refractivity contribution in [2.45, 2.75) is 72.4 Å². The SMILES string of the molecule is CCOC(=O)CCCN(C(=O)OC(C)(C)C)C(C)(C)C(=O)OCC. The van der Waals surface area contributed by atoms with Crippen LogP contribution in [0.2, 0.25) is 0 Å². The average molecular weight is 345 g/mol. The largest absolute Gasteiger partial charge is 0.466 e. The lowest BCUT2D eigenvalue weighted by Gasteiger charge is -2.37. The van der Waals surface area contributed by atoms with E-state index in [9.17, 15) is 14.4 Å². The Morgan fingerprint density at radius 2 is 1.46 bits per heavy atom. The van der Waals surface area contributed by atoms with Crippen molar-refractivity contribution >= 4 is 18.0 Å². The molecule has 0 aliphatic carbocycles. The van der Waals surface area contributed by atoms with Crippen molar-refractivity contribution in [2.75, 3.05) is 19.8 Å². The van der Waals surface area contributed by atoms with Crippen LogP contribution in [0.1, 0.15) is 61.3 Å². The summed E-state index contributed by atoms with van der Waals surface area (Å²) in [5, 5.41) is 0. The smallest absolute Gasteiger partial charge is 0.411 e. The van der Waals surface area contributed by atoms with Gasteiger partial charge in [-0.25, -0.2) is 9.59 Å². The summed E-state index contributed by atoms with van der Waals surface area (Å²) in [5.74, 6) is -0.859. The highest BCUT2D eigenvalue weighted by atomic mass is 16.6. The van der Waals surface area contributed by atoms with Crippen LogP contribution in [0, 0.1) is 0 Å². The Kier molecular flexibility index (Phi) is 8.78. The van der Waals surface area contributed by atoms with Crippen LogP contribution < -0.4 is 0 Å². The van der Waals surface area contributed by atoms with Gasteiger partial charge in [0.15, 0.2) is 0 Å². The summed E-state index contributed by atoms with van der Waals surface area (Å²) in [5.41, 5.74) is -1.89. The maximum absolute atomic E-state index is 12.5. The molecule has 0 saturated heterocycles. The molecule has 0 rings (SSSR count). The molecule has 0 heterocycles. The molecule has 0 aliphatic heterocycles. The minimum Gasteiger partial charge on any atom is -0.466 e. The van der Waals surface area contributed by atoms with Gasteiger partial charge in [0, 0.05) is 13.0 Å². The highest BCUT2D eigenvalue weighted by molar-refractivity contribution is 5.85. The second-order valence-corrected chi connectivity index (χ2v) is 6.82. The van der Waals surface area contributed by atoms with Gasteiger partial charge >= 0.3 is 18.0 Å². The first kappa shape index (κ1) is 22.2. The lowest BCUT2D eigenvalue weighted by atomic mass is 10.0. The van der Waals surface area contributed by atoms with Gasteiger partial charge in [-0.3, -0.25) is 9.69 Å². The van der Waals surface area contributed by atoms with E-state index >= 15 is 0 Å². The summed E-state index contributed by atoms with van der Waals surface area (Å²) < 4.78 is 15.3. The second-order valence-electron chi connectivity index (χ2n) is 6.82. The zero-order valence-corrected chi connectivity index (χ0v) is 15.9. The van der Waals surface area contributed by atoms with Crippen LogP contribution in [0.5, 0.6) is 0 Å². The highest BCUT2D eigenvalue weighted by Gasteiger charge is 2.41. The topological polar surface area (TPSA) is 82.1 Å². The third-order valence-corrected chi connectivity index (χ3v) is 3.13. The molecule has 0 N–H and O–H groups in total. The van der Waals surface area contributed by atoms with Gasteiger partial charge < -0.3 is 14.2 Å². The summed E-state index contributed by atoms with van der Waals surface area (Å²) in [6, 6.07) is 0. The minimum absolute atomic E-state index is 0.159. The Balaban J connectivity index is 5.11. The molecule has 7 heteroatoms. The van der Waals surface area contributed by atoms with Crippen molar-refractivity contribution in [1.29, 1.82) is 0 Å². The zero-order chi connectivity index (χ0) is 19.0. The fourth-order valence-corrected chi connectivity index (χ4v) is 1.95. The molecule has 0 spiro atoms. The molecule has 0 aromatic heterocycles. The molecule has 7 nitrogen and oxygen atoms in total. The first-order valence-electron chi connectivity index (χ1n) is 8.29. The summed E-state index contributed by atoms with van der Waals surface area (Å²) in [6.45, 7) is 12.6. The summed E-state index contributed by atoms with van der Waals surface area (Å²) in [4.78, 5) is 37.5. The van der Waals surface area contributed by atoms with E-state index in [1.165, 1.54) is 4.90 Å².